The van der Waals surface area contributed by atoms with Gasteiger partial charge >= 0.3 is 5.97 Å². The van der Waals surface area contributed by atoms with Crippen LogP contribution in [0.15, 0.2) is 24.3 Å². The zero-order chi connectivity index (χ0) is 14.8. The number of hydrogen-bond donors (Lipinski definition) is 3. The van der Waals surface area contributed by atoms with Crippen LogP contribution in [0, 0.1) is 17.8 Å². The summed E-state index contributed by atoms with van der Waals surface area (Å²) in [5.41, 5.74) is 0. The van der Waals surface area contributed by atoms with Gasteiger partial charge in [0.15, 0.2) is 0 Å². The van der Waals surface area contributed by atoms with Crippen molar-refractivity contribution in [2.45, 2.75) is 50.7 Å². The van der Waals surface area contributed by atoms with E-state index in [1.807, 2.05) is 0 Å². The van der Waals surface area contributed by atoms with E-state index in [4.69, 9.17) is 5.11 Å². The van der Waals surface area contributed by atoms with Crippen LogP contribution in [0.2, 0.25) is 0 Å². The van der Waals surface area contributed by atoms with E-state index in [1.165, 1.54) is 12.8 Å². The molecule has 4 heteroatoms. The normalized spacial score (nSPS) is 17.9. The molecule has 1 saturated carbocycles. The van der Waals surface area contributed by atoms with Crippen molar-refractivity contribution >= 4 is 5.97 Å². The number of carboxylic acids is 1. The second kappa shape index (κ2) is 9.35. The fourth-order valence-electron chi connectivity index (χ4n) is 1.73. The van der Waals surface area contributed by atoms with Crippen LogP contribution in [0.3, 0.4) is 0 Å². The van der Waals surface area contributed by atoms with Crippen LogP contribution in [-0.4, -0.2) is 33.5 Å². The molecule has 0 saturated heterocycles. The van der Waals surface area contributed by atoms with Crippen molar-refractivity contribution in [3.05, 3.63) is 24.3 Å². The summed E-state index contributed by atoms with van der Waals surface area (Å²) < 4.78 is 0. The lowest BCUT2D eigenvalue weighted by Crippen LogP contribution is -2.04. The van der Waals surface area contributed by atoms with Crippen LogP contribution in [-0.2, 0) is 4.79 Å². The fourth-order valence-corrected chi connectivity index (χ4v) is 1.73. The summed E-state index contributed by atoms with van der Waals surface area (Å²) in [5, 5.41) is 27.5. The van der Waals surface area contributed by atoms with E-state index < -0.39 is 12.1 Å². The number of carbonyl (C=O) groups is 1. The molecule has 0 aliphatic heterocycles. The molecule has 0 unspecified atom stereocenters. The molecule has 1 aliphatic rings. The summed E-state index contributed by atoms with van der Waals surface area (Å²) >= 11 is 0. The number of rotatable bonds is 8. The summed E-state index contributed by atoms with van der Waals surface area (Å²) in [6.45, 7) is 0. The smallest absolute Gasteiger partial charge is 0.303 e. The lowest BCUT2D eigenvalue weighted by Gasteiger charge is -2.01. The Bertz CT molecular complexity index is 410. The summed E-state index contributed by atoms with van der Waals surface area (Å²) in [6.07, 6.45) is 9.74. The van der Waals surface area contributed by atoms with Crippen LogP contribution >= 0.6 is 0 Å². The van der Waals surface area contributed by atoms with Gasteiger partial charge < -0.3 is 15.3 Å². The zero-order valence-corrected chi connectivity index (χ0v) is 11.5. The summed E-state index contributed by atoms with van der Waals surface area (Å²) in [4.78, 5) is 10.3. The van der Waals surface area contributed by atoms with Crippen LogP contribution in [0.4, 0.5) is 0 Å². The van der Waals surface area contributed by atoms with Gasteiger partial charge in [0.1, 0.15) is 6.10 Å². The number of aliphatic hydroxyl groups excluding tert-OH is 2. The Kier molecular flexibility index (Phi) is 7.71. The van der Waals surface area contributed by atoms with Crippen molar-refractivity contribution in [1.29, 1.82) is 0 Å². The molecule has 0 radical (unpaired) electrons. The predicted molar refractivity (Wildman–Crippen MR) is 76.9 cm³/mol. The van der Waals surface area contributed by atoms with Crippen molar-refractivity contribution in [3.8, 4) is 11.8 Å². The Morgan fingerprint density at radius 3 is 2.70 bits per heavy atom. The molecule has 110 valence electrons. The van der Waals surface area contributed by atoms with Gasteiger partial charge in [0.25, 0.3) is 0 Å². The van der Waals surface area contributed by atoms with E-state index in [9.17, 15) is 15.0 Å². The van der Waals surface area contributed by atoms with Crippen molar-refractivity contribution in [2.75, 3.05) is 0 Å². The molecule has 4 nitrogen and oxygen atoms in total. The first-order chi connectivity index (χ1) is 9.58. The highest BCUT2D eigenvalue weighted by Gasteiger charge is 2.23. The van der Waals surface area contributed by atoms with E-state index >= 15 is 0 Å². The van der Waals surface area contributed by atoms with Gasteiger partial charge in [-0.25, -0.2) is 0 Å². The average molecular weight is 278 g/mol. The van der Waals surface area contributed by atoms with Crippen LogP contribution in [0.1, 0.15) is 38.5 Å². The predicted octanol–water partition coefficient (Wildman–Crippen LogP) is 1.88. The van der Waals surface area contributed by atoms with Crippen molar-refractivity contribution in [3.63, 3.8) is 0 Å². The molecule has 0 aromatic heterocycles. The second-order valence-electron chi connectivity index (χ2n) is 5.08. The SMILES string of the molecule is O=C(O)CCC[C@@H](O)C#C/C=C/C=C/[C@H](O)CC1CC1. The lowest BCUT2D eigenvalue weighted by molar-refractivity contribution is -0.137. The quantitative estimate of drug-likeness (QED) is 0.468. The van der Waals surface area contributed by atoms with Crippen LogP contribution < -0.4 is 0 Å². The molecule has 20 heavy (non-hydrogen) atoms. The highest BCUT2D eigenvalue weighted by molar-refractivity contribution is 5.66. The Morgan fingerprint density at radius 2 is 2.05 bits per heavy atom. The number of hydrogen-bond acceptors (Lipinski definition) is 3. The standard InChI is InChI=1S/C16H22O4/c17-14(8-5-9-16(19)20)6-3-1-2-4-7-15(18)12-13-10-11-13/h1-2,4,7,13-15,17-18H,5,8-12H2,(H,19,20)/b2-1+,7-4+/t14-,15-/m0/s1. The van der Waals surface area contributed by atoms with Crippen molar-refractivity contribution < 1.29 is 20.1 Å². The third-order valence-corrected chi connectivity index (χ3v) is 3.01. The molecule has 1 rings (SSSR count). The van der Waals surface area contributed by atoms with E-state index in [0.29, 0.717) is 18.8 Å². The minimum Gasteiger partial charge on any atom is -0.481 e. The van der Waals surface area contributed by atoms with Gasteiger partial charge in [-0.1, -0.05) is 42.9 Å². The number of allylic oxidation sites excluding steroid dienone is 3. The number of carboxylic acid groups (broad SMARTS) is 1. The Hall–Kier alpha value is -1.57. The number of aliphatic hydroxyl groups is 2. The first-order valence-corrected chi connectivity index (χ1v) is 7.00. The Morgan fingerprint density at radius 1 is 1.30 bits per heavy atom. The van der Waals surface area contributed by atoms with Gasteiger partial charge in [0, 0.05) is 6.42 Å². The molecule has 0 bridgehead atoms. The maximum Gasteiger partial charge on any atom is 0.303 e. The molecular weight excluding hydrogens is 256 g/mol. The van der Waals surface area contributed by atoms with Gasteiger partial charge in [-0.3, -0.25) is 4.79 Å². The van der Waals surface area contributed by atoms with Crippen LogP contribution in [0.25, 0.3) is 0 Å². The van der Waals surface area contributed by atoms with E-state index in [0.717, 1.165) is 6.42 Å². The molecule has 0 heterocycles. The summed E-state index contributed by atoms with van der Waals surface area (Å²) in [6, 6.07) is 0. The zero-order valence-electron chi connectivity index (χ0n) is 11.5. The van der Waals surface area contributed by atoms with Crippen LogP contribution in [0.5, 0.6) is 0 Å². The van der Waals surface area contributed by atoms with E-state index in [2.05, 4.69) is 11.8 Å². The molecule has 0 aromatic rings. The van der Waals surface area contributed by atoms with Crippen molar-refractivity contribution in [1.82, 2.24) is 0 Å². The first kappa shape index (κ1) is 16.5. The van der Waals surface area contributed by atoms with Gasteiger partial charge in [-0.15, -0.1) is 0 Å². The highest BCUT2D eigenvalue weighted by Crippen LogP contribution is 2.33. The monoisotopic (exact) mass is 278 g/mol. The maximum absolute atomic E-state index is 10.3. The lowest BCUT2D eigenvalue weighted by atomic mass is 10.1. The molecule has 0 amide bonds. The third kappa shape index (κ3) is 9.37. The number of aliphatic carboxylic acids is 1. The molecule has 0 aromatic carbocycles. The highest BCUT2D eigenvalue weighted by atomic mass is 16.4. The molecule has 1 aliphatic carbocycles. The van der Waals surface area contributed by atoms with Gasteiger partial charge in [0.05, 0.1) is 6.10 Å². The van der Waals surface area contributed by atoms with Gasteiger partial charge in [0.2, 0.25) is 0 Å². The Balaban J connectivity index is 2.13. The van der Waals surface area contributed by atoms with E-state index in [-0.39, 0.29) is 12.5 Å². The third-order valence-electron chi connectivity index (χ3n) is 3.01. The molecule has 0 spiro atoms. The van der Waals surface area contributed by atoms with Crippen molar-refractivity contribution in [2.24, 2.45) is 5.92 Å². The summed E-state index contributed by atoms with van der Waals surface area (Å²) in [5.74, 6) is 5.14. The van der Waals surface area contributed by atoms with E-state index in [1.54, 1.807) is 24.3 Å². The first-order valence-electron chi connectivity index (χ1n) is 7.00. The largest absolute Gasteiger partial charge is 0.481 e. The molecule has 2 atom stereocenters. The Labute approximate surface area is 119 Å². The second-order valence-corrected chi connectivity index (χ2v) is 5.08. The molecular formula is C16H22O4. The average Bonchev–Trinajstić information content (AvgIpc) is 3.17. The van der Waals surface area contributed by atoms with Gasteiger partial charge in [-0.05, 0) is 31.3 Å². The van der Waals surface area contributed by atoms with Gasteiger partial charge in [-0.2, -0.15) is 0 Å². The molecule has 3 N–H and O–H groups in total. The topological polar surface area (TPSA) is 77.8 Å². The minimum atomic E-state index is -0.861. The fraction of sp³-hybridized carbons (Fsp3) is 0.562. The summed E-state index contributed by atoms with van der Waals surface area (Å²) in [7, 11) is 0. The maximum atomic E-state index is 10.3. The molecule has 1 fully saturated rings. The minimum absolute atomic E-state index is 0.0518.